The molecule has 92 valence electrons. The third-order valence-electron chi connectivity index (χ3n) is 2.08. The number of benzene rings is 1. The molecule has 0 bridgehead atoms. The fourth-order valence-corrected chi connectivity index (χ4v) is 1.66. The molecule has 0 aliphatic heterocycles. The van der Waals surface area contributed by atoms with Gasteiger partial charge in [0.05, 0.1) is 12.6 Å². The minimum atomic E-state index is -4.31. The third-order valence-corrected chi connectivity index (χ3v) is 2.83. The van der Waals surface area contributed by atoms with E-state index in [4.69, 9.17) is 5.26 Å². The largest absolute Gasteiger partial charge is 0.401 e. The van der Waals surface area contributed by atoms with Gasteiger partial charge in [-0.1, -0.05) is 12.1 Å². The highest BCUT2D eigenvalue weighted by Gasteiger charge is 2.28. The predicted octanol–water partition coefficient (Wildman–Crippen LogP) is 3.13. The monoisotopic (exact) mass is 260 g/mol. The molecule has 0 radical (unpaired) electrons. The molecule has 0 fully saturated rings. The normalized spacial score (nSPS) is 13.1. The summed E-state index contributed by atoms with van der Waals surface area (Å²) < 4.78 is 36.0. The van der Waals surface area contributed by atoms with Crippen molar-refractivity contribution in [1.82, 2.24) is 5.32 Å². The van der Waals surface area contributed by atoms with Crippen molar-refractivity contribution in [1.29, 1.82) is 5.26 Å². The van der Waals surface area contributed by atoms with Gasteiger partial charge in [0.15, 0.2) is 0 Å². The number of alkyl halides is 3. The van der Waals surface area contributed by atoms with Gasteiger partial charge in [-0.3, -0.25) is 5.32 Å². The predicted molar refractivity (Wildman–Crippen MR) is 60.6 cm³/mol. The zero-order valence-corrected chi connectivity index (χ0v) is 9.90. The molecular weight excluding hydrogens is 249 g/mol. The summed E-state index contributed by atoms with van der Waals surface area (Å²) in [6.07, 6.45) is -2.41. The Morgan fingerprint density at radius 1 is 1.35 bits per heavy atom. The first-order valence-corrected chi connectivity index (χ1v) is 6.02. The SMILES string of the molecule is CSc1ccc(C(C#N)NCC(F)(F)F)cc1. The molecule has 2 nitrogen and oxygen atoms in total. The molecule has 0 amide bonds. The minimum Gasteiger partial charge on any atom is -0.290 e. The summed E-state index contributed by atoms with van der Waals surface area (Å²) in [5.74, 6) is 0. The highest BCUT2D eigenvalue weighted by Crippen LogP contribution is 2.20. The van der Waals surface area contributed by atoms with Gasteiger partial charge in [-0.05, 0) is 24.0 Å². The van der Waals surface area contributed by atoms with Crippen LogP contribution < -0.4 is 5.32 Å². The lowest BCUT2D eigenvalue weighted by Crippen LogP contribution is -2.31. The number of hydrogen-bond donors (Lipinski definition) is 1. The molecular formula is C11H11F3N2S. The van der Waals surface area contributed by atoms with Gasteiger partial charge in [-0.15, -0.1) is 11.8 Å². The van der Waals surface area contributed by atoms with Crippen molar-refractivity contribution in [3.8, 4) is 6.07 Å². The summed E-state index contributed by atoms with van der Waals surface area (Å²) in [7, 11) is 0. The minimum absolute atomic E-state index is 0.537. The third kappa shape index (κ3) is 4.67. The van der Waals surface area contributed by atoms with Gasteiger partial charge in [0.2, 0.25) is 0 Å². The Morgan fingerprint density at radius 2 is 1.94 bits per heavy atom. The Balaban J connectivity index is 2.70. The molecule has 0 saturated carbocycles. The molecule has 1 rings (SSSR count). The molecule has 0 aliphatic rings. The van der Waals surface area contributed by atoms with Gasteiger partial charge in [0, 0.05) is 4.90 Å². The van der Waals surface area contributed by atoms with Crippen molar-refractivity contribution < 1.29 is 13.2 Å². The highest BCUT2D eigenvalue weighted by molar-refractivity contribution is 7.98. The fraction of sp³-hybridized carbons (Fsp3) is 0.364. The van der Waals surface area contributed by atoms with Gasteiger partial charge in [-0.2, -0.15) is 18.4 Å². The van der Waals surface area contributed by atoms with E-state index in [0.717, 1.165) is 4.90 Å². The molecule has 0 heterocycles. The molecule has 0 saturated heterocycles. The number of hydrogen-bond acceptors (Lipinski definition) is 3. The van der Waals surface area contributed by atoms with Crippen LogP contribution in [-0.4, -0.2) is 19.0 Å². The molecule has 0 aromatic heterocycles. The van der Waals surface area contributed by atoms with Gasteiger partial charge >= 0.3 is 6.18 Å². The molecule has 1 aromatic rings. The molecule has 17 heavy (non-hydrogen) atoms. The highest BCUT2D eigenvalue weighted by atomic mass is 32.2. The quantitative estimate of drug-likeness (QED) is 0.845. The second-order valence-electron chi connectivity index (χ2n) is 3.33. The maximum atomic E-state index is 12.0. The van der Waals surface area contributed by atoms with Crippen LogP contribution in [0.2, 0.25) is 0 Å². The van der Waals surface area contributed by atoms with E-state index in [2.05, 4.69) is 5.32 Å². The number of rotatable bonds is 4. The van der Waals surface area contributed by atoms with Crippen molar-refractivity contribution >= 4 is 11.8 Å². The van der Waals surface area contributed by atoms with E-state index in [1.165, 1.54) is 11.8 Å². The van der Waals surface area contributed by atoms with E-state index in [0.29, 0.717) is 5.56 Å². The lowest BCUT2D eigenvalue weighted by Gasteiger charge is -2.13. The number of nitriles is 1. The molecule has 0 aliphatic carbocycles. The zero-order chi connectivity index (χ0) is 12.9. The van der Waals surface area contributed by atoms with Crippen molar-refractivity contribution in [2.24, 2.45) is 0 Å². The topological polar surface area (TPSA) is 35.8 Å². The maximum Gasteiger partial charge on any atom is 0.401 e. The number of thioether (sulfide) groups is 1. The molecule has 1 N–H and O–H groups in total. The van der Waals surface area contributed by atoms with E-state index < -0.39 is 18.8 Å². The zero-order valence-electron chi connectivity index (χ0n) is 9.08. The van der Waals surface area contributed by atoms with Gasteiger partial charge in [-0.25, -0.2) is 0 Å². The Morgan fingerprint density at radius 3 is 2.35 bits per heavy atom. The number of nitrogens with one attached hydrogen (secondary N) is 1. The van der Waals surface area contributed by atoms with Crippen LogP contribution in [-0.2, 0) is 0 Å². The van der Waals surface area contributed by atoms with Gasteiger partial charge < -0.3 is 0 Å². The lowest BCUT2D eigenvalue weighted by atomic mass is 10.1. The van der Waals surface area contributed by atoms with Crippen LogP contribution in [0, 0.1) is 11.3 Å². The summed E-state index contributed by atoms with van der Waals surface area (Å²) in [5, 5.41) is 11.0. The summed E-state index contributed by atoms with van der Waals surface area (Å²) >= 11 is 1.53. The van der Waals surface area contributed by atoms with Crippen LogP contribution in [0.15, 0.2) is 29.2 Å². The van der Waals surface area contributed by atoms with Gasteiger partial charge in [0.25, 0.3) is 0 Å². The second-order valence-corrected chi connectivity index (χ2v) is 4.21. The number of halogens is 3. The summed E-state index contributed by atoms with van der Waals surface area (Å²) in [6.45, 7) is -1.17. The molecule has 6 heteroatoms. The van der Waals surface area contributed by atoms with Crippen LogP contribution in [0.1, 0.15) is 11.6 Å². The summed E-state index contributed by atoms with van der Waals surface area (Å²) in [6, 6.07) is 7.74. The van der Waals surface area contributed by atoms with E-state index in [-0.39, 0.29) is 0 Å². The summed E-state index contributed by atoms with van der Waals surface area (Å²) in [5.41, 5.74) is 0.537. The summed E-state index contributed by atoms with van der Waals surface area (Å²) in [4.78, 5) is 1.00. The Hall–Kier alpha value is -1.19. The Kier molecular flexibility index (Phi) is 4.85. The Labute approximate surface area is 102 Å². The lowest BCUT2D eigenvalue weighted by molar-refractivity contribution is -0.125. The first-order chi connectivity index (χ1) is 7.96. The number of nitrogens with zero attached hydrogens (tertiary/aromatic N) is 1. The average Bonchev–Trinajstić information content (AvgIpc) is 2.29. The molecule has 0 spiro atoms. The van der Waals surface area contributed by atoms with Crippen molar-refractivity contribution in [2.75, 3.05) is 12.8 Å². The van der Waals surface area contributed by atoms with E-state index in [1.54, 1.807) is 24.3 Å². The smallest absolute Gasteiger partial charge is 0.290 e. The molecule has 1 unspecified atom stereocenters. The average molecular weight is 260 g/mol. The van der Waals surface area contributed by atoms with Crippen LogP contribution in [0.3, 0.4) is 0 Å². The van der Waals surface area contributed by atoms with Gasteiger partial charge in [0.1, 0.15) is 6.04 Å². The fourth-order valence-electron chi connectivity index (χ4n) is 1.25. The first-order valence-electron chi connectivity index (χ1n) is 4.80. The van der Waals surface area contributed by atoms with Crippen molar-refractivity contribution in [2.45, 2.75) is 17.1 Å². The second kappa shape index (κ2) is 5.94. The Bertz CT molecular complexity index is 395. The van der Waals surface area contributed by atoms with Crippen LogP contribution in [0.5, 0.6) is 0 Å². The molecule has 1 aromatic carbocycles. The first kappa shape index (κ1) is 13.9. The van der Waals surface area contributed by atoms with Crippen LogP contribution in [0.25, 0.3) is 0 Å². The van der Waals surface area contributed by atoms with Crippen LogP contribution >= 0.6 is 11.8 Å². The van der Waals surface area contributed by atoms with Crippen LogP contribution in [0.4, 0.5) is 13.2 Å². The van der Waals surface area contributed by atoms with E-state index in [1.807, 2.05) is 12.3 Å². The van der Waals surface area contributed by atoms with E-state index in [9.17, 15) is 13.2 Å². The molecule has 1 atom stereocenters. The maximum absolute atomic E-state index is 12.0. The van der Waals surface area contributed by atoms with E-state index >= 15 is 0 Å². The van der Waals surface area contributed by atoms with Crippen molar-refractivity contribution in [3.63, 3.8) is 0 Å². The van der Waals surface area contributed by atoms with Crippen molar-refractivity contribution in [3.05, 3.63) is 29.8 Å². The standard InChI is InChI=1S/C11H11F3N2S/c1-17-9-4-2-8(3-5-9)10(6-15)16-7-11(12,13)14/h2-5,10,16H,7H2,1H3.